The van der Waals surface area contributed by atoms with Crippen LogP contribution in [0.3, 0.4) is 0 Å². The average molecular weight is 355 g/mol. The number of anilines is 1. The molecule has 0 bridgehead atoms. The second-order valence-corrected chi connectivity index (χ2v) is 5.99. The first kappa shape index (κ1) is 17.8. The Labute approximate surface area is 152 Å². The van der Waals surface area contributed by atoms with Crippen LogP contribution in [0.1, 0.15) is 34.8 Å². The number of nitrogens with one attached hydrogen (secondary N) is 1. The second kappa shape index (κ2) is 7.91. The fourth-order valence-electron chi connectivity index (χ4n) is 2.67. The lowest BCUT2D eigenvalue weighted by Gasteiger charge is -2.10. The number of aryl methyl sites for hydroxylation is 2. The Hall–Kier alpha value is -3.02. The largest absolute Gasteiger partial charge is 0.462 e. The third kappa shape index (κ3) is 4.14. The maximum Gasteiger partial charge on any atom is 0.338 e. The van der Waals surface area contributed by atoms with Gasteiger partial charge in [0, 0.05) is 12.1 Å². The third-order valence-corrected chi connectivity index (χ3v) is 4.10. The Morgan fingerprint density at radius 1 is 1.12 bits per heavy atom. The number of benzene rings is 2. The van der Waals surface area contributed by atoms with Crippen LogP contribution in [-0.2, 0) is 16.0 Å². The van der Waals surface area contributed by atoms with E-state index >= 15 is 0 Å². The van der Waals surface area contributed by atoms with Crippen molar-refractivity contribution in [3.05, 3.63) is 53.1 Å². The highest BCUT2D eigenvalue weighted by molar-refractivity contribution is 5.95. The van der Waals surface area contributed by atoms with Gasteiger partial charge in [-0.15, -0.1) is 0 Å². The molecule has 0 aliphatic carbocycles. The number of amides is 1. The van der Waals surface area contributed by atoms with Gasteiger partial charge in [0.1, 0.15) is 0 Å². The molecule has 0 atom stereocenters. The summed E-state index contributed by atoms with van der Waals surface area (Å²) in [6.45, 7) is 4.17. The van der Waals surface area contributed by atoms with Gasteiger partial charge in [0.05, 0.1) is 12.2 Å². The van der Waals surface area contributed by atoms with Gasteiger partial charge in [-0.3, -0.25) is 4.79 Å². The predicted molar refractivity (Wildman–Crippen MR) is 96.7 cm³/mol. The van der Waals surface area contributed by atoms with Crippen LogP contribution < -0.4 is 14.8 Å². The molecule has 1 amide bonds. The third-order valence-electron chi connectivity index (χ3n) is 4.10. The lowest BCUT2D eigenvalue weighted by molar-refractivity contribution is -0.116. The van der Waals surface area contributed by atoms with Crippen molar-refractivity contribution in [2.24, 2.45) is 0 Å². The molecule has 26 heavy (non-hydrogen) atoms. The average Bonchev–Trinajstić information content (AvgIpc) is 3.10. The maximum absolute atomic E-state index is 12.3. The molecule has 1 N–H and O–H groups in total. The van der Waals surface area contributed by atoms with E-state index in [-0.39, 0.29) is 12.7 Å². The van der Waals surface area contributed by atoms with Crippen molar-refractivity contribution in [1.29, 1.82) is 0 Å². The van der Waals surface area contributed by atoms with Gasteiger partial charge >= 0.3 is 5.97 Å². The Balaban J connectivity index is 1.61. The van der Waals surface area contributed by atoms with Crippen molar-refractivity contribution in [2.45, 2.75) is 26.7 Å². The van der Waals surface area contributed by atoms with E-state index in [1.54, 1.807) is 25.1 Å². The SMILES string of the molecule is CCOC(=O)c1ccc(C)c(NC(=O)CCc2ccc3c(c2)OCO3)c1. The van der Waals surface area contributed by atoms with E-state index in [0.29, 0.717) is 36.4 Å². The normalized spacial score (nSPS) is 11.9. The molecule has 136 valence electrons. The van der Waals surface area contributed by atoms with E-state index in [1.165, 1.54) is 0 Å². The molecule has 0 aromatic heterocycles. The Kier molecular flexibility index (Phi) is 5.41. The number of carbonyl (C=O) groups is 2. The number of ether oxygens (including phenoxy) is 3. The molecule has 2 aromatic carbocycles. The quantitative estimate of drug-likeness (QED) is 0.803. The summed E-state index contributed by atoms with van der Waals surface area (Å²) < 4.78 is 15.6. The maximum atomic E-state index is 12.3. The summed E-state index contributed by atoms with van der Waals surface area (Å²) in [5.74, 6) is 0.917. The monoisotopic (exact) mass is 355 g/mol. The van der Waals surface area contributed by atoms with Gasteiger partial charge in [-0.25, -0.2) is 4.79 Å². The summed E-state index contributed by atoms with van der Waals surface area (Å²) in [7, 11) is 0. The van der Waals surface area contributed by atoms with Crippen molar-refractivity contribution in [3.63, 3.8) is 0 Å². The van der Waals surface area contributed by atoms with Crippen LogP contribution in [0.2, 0.25) is 0 Å². The topological polar surface area (TPSA) is 73.9 Å². The minimum atomic E-state index is -0.400. The smallest absolute Gasteiger partial charge is 0.338 e. The Bertz CT molecular complexity index is 831. The number of hydrogen-bond acceptors (Lipinski definition) is 5. The van der Waals surface area contributed by atoms with Gasteiger partial charge in [0.15, 0.2) is 11.5 Å². The lowest BCUT2D eigenvalue weighted by Crippen LogP contribution is -2.14. The molecular weight excluding hydrogens is 334 g/mol. The van der Waals surface area contributed by atoms with Crippen LogP contribution in [-0.4, -0.2) is 25.3 Å². The number of hydrogen-bond donors (Lipinski definition) is 1. The predicted octanol–water partition coefficient (Wildman–Crippen LogP) is 3.47. The first-order valence-electron chi connectivity index (χ1n) is 8.53. The van der Waals surface area contributed by atoms with E-state index in [4.69, 9.17) is 14.2 Å². The molecule has 1 heterocycles. The van der Waals surface area contributed by atoms with E-state index < -0.39 is 5.97 Å². The number of esters is 1. The van der Waals surface area contributed by atoms with Crippen LogP contribution >= 0.6 is 0 Å². The molecule has 0 spiro atoms. The van der Waals surface area contributed by atoms with Crippen LogP contribution in [0.15, 0.2) is 36.4 Å². The highest BCUT2D eigenvalue weighted by Crippen LogP contribution is 2.32. The zero-order chi connectivity index (χ0) is 18.5. The fraction of sp³-hybridized carbons (Fsp3) is 0.300. The zero-order valence-electron chi connectivity index (χ0n) is 14.8. The molecule has 2 aromatic rings. The fourth-order valence-corrected chi connectivity index (χ4v) is 2.67. The summed E-state index contributed by atoms with van der Waals surface area (Å²) in [4.78, 5) is 24.1. The summed E-state index contributed by atoms with van der Waals surface area (Å²) in [6.07, 6.45) is 0.905. The molecule has 3 rings (SSSR count). The molecule has 0 radical (unpaired) electrons. The van der Waals surface area contributed by atoms with Crippen LogP contribution in [0, 0.1) is 6.92 Å². The van der Waals surface area contributed by atoms with E-state index in [0.717, 1.165) is 16.9 Å². The van der Waals surface area contributed by atoms with Crippen LogP contribution in [0.4, 0.5) is 5.69 Å². The minimum Gasteiger partial charge on any atom is -0.462 e. The molecule has 1 aliphatic rings. The van der Waals surface area contributed by atoms with Crippen molar-refractivity contribution >= 4 is 17.6 Å². The highest BCUT2D eigenvalue weighted by Gasteiger charge is 2.14. The molecule has 6 nitrogen and oxygen atoms in total. The molecular formula is C20H21NO5. The van der Waals surface area contributed by atoms with Crippen LogP contribution in [0.25, 0.3) is 0 Å². The summed E-state index contributed by atoms with van der Waals surface area (Å²) in [5.41, 5.74) is 2.92. The number of carbonyl (C=O) groups excluding carboxylic acids is 2. The Morgan fingerprint density at radius 2 is 1.92 bits per heavy atom. The Morgan fingerprint density at radius 3 is 2.73 bits per heavy atom. The minimum absolute atomic E-state index is 0.119. The zero-order valence-corrected chi connectivity index (χ0v) is 14.8. The van der Waals surface area contributed by atoms with Gasteiger partial charge in [0.25, 0.3) is 0 Å². The second-order valence-electron chi connectivity index (χ2n) is 5.99. The van der Waals surface area contributed by atoms with Crippen molar-refractivity contribution in [1.82, 2.24) is 0 Å². The van der Waals surface area contributed by atoms with Gasteiger partial charge in [0.2, 0.25) is 12.7 Å². The summed E-state index contributed by atoms with van der Waals surface area (Å²) in [6, 6.07) is 10.8. The molecule has 0 unspecified atom stereocenters. The summed E-state index contributed by atoms with van der Waals surface area (Å²) in [5, 5.41) is 2.87. The summed E-state index contributed by atoms with van der Waals surface area (Å²) >= 11 is 0. The first-order chi connectivity index (χ1) is 12.6. The molecule has 6 heteroatoms. The van der Waals surface area contributed by atoms with Crippen molar-refractivity contribution in [3.8, 4) is 11.5 Å². The van der Waals surface area contributed by atoms with Gasteiger partial charge in [-0.05, 0) is 55.7 Å². The van der Waals surface area contributed by atoms with Gasteiger partial charge < -0.3 is 19.5 Å². The van der Waals surface area contributed by atoms with Crippen molar-refractivity contribution < 1.29 is 23.8 Å². The molecule has 0 fully saturated rings. The number of fused-ring (bicyclic) bond motifs is 1. The molecule has 0 saturated heterocycles. The van der Waals surface area contributed by atoms with E-state index in [1.807, 2.05) is 25.1 Å². The van der Waals surface area contributed by atoms with Gasteiger partial charge in [-0.1, -0.05) is 12.1 Å². The van der Waals surface area contributed by atoms with Gasteiger partial charge in [-0.2, -0.15) is 0 Å². The molecule has 1 aliphatic heterocycles. The van der Waals surface area contributed by atoms with E-state index in [9.17, 15) is 9.59 Å². The highest BCUT2D eigenvalue weighted by atomic mass is 16.7. The van der Waals surface area contributed by atoms with E-state index in [2.05, 4.69) is 5.32 Å². The number of rotatable bonds is 6. The lowest BCUT2D eigenvalue weighted by atomic mass is 10.1. The van der Waals surface area contributed by atoms with Crippen molar-refractivity contribution in [2.75, 3.05) is 18.7 Å². The van der Waals surface area contributed by atoms with Crippen LogP contribution in [0.5, 0.6) is 11.5 Å². The standard InChI is InChI=1S/C20H21NO5/c1-3-24-20(23)15-7-4-13(2)16(11-15)21-19(22)9-6-14-5-8-17-18(10-14)26-12-25-17/h4-5,7-8,10-11H,3,6,9,12H2,1-2H3,(H,21,22). The first-order valence-corrected chi connectivity index (χ1v) is 8.53. The molecule has 0 saturated carbocycles.